The van der Waals surface area contributed by atoms with Crippen molar-refractivity contribution in [2.24, 2.45) is 14.1 Å². The van der Waals surface area contributed by atoms with Gasteiger partial charge in [0.2, 0.25) is 10.0 Å². The van der Waals surface area contributed by atoms with Gasteiger partial charge in [-0.15, -0.1) is 0 Å². The molecule has 1 saturated heterocycles. The Morgan fingerprint density at radius 3 is 2.63 bits per heavy atom. The second kappa shape index (κ2) is 6.82. The molecular weight excluding hydrogens is 404 g/mol. The van der Waals surface area contributed by atoms with Crippen molar-refractivity contribution in [3.63, 3.8) is 0 Å². The quantitative estimate of drug-likeness (QED) is 0.502. The van der Waals surface area contributed by atoms with Crippen LogP contribution in [0.25, 0.3) is 22.1 Å². The van der Waals surface area contributed by atoms with Crippen LogP contribution in [0.1, 0.15) is 24.7 Å². The van der Waals surface area contributed by atoms with Crippen LogP contribution < -0.4 is 5.69 Å². The molecule has 0 bridgehead atoms. The summed E-state index contributed by atoms with van der Waals surface area (Å²) in [5.41, 5.74) is 2.60. The summed E-state index contributed by atoms with van der Waals surface area (Å²) in [6, 6.07) is 12.4. The molecule has 8 nitrogen and oxygen atoms in total. The van der Waals surface area contributed by atoms with E-state index in [4.69, 9.17) is 4.42 Å². The Kier molecular flexibility index (Phi) is 4.33. The van der Waals surface area contributed by atoms with E-state index in [1.165, 1.54) is 13.4 Å². The van der Waals surface area contributed by atoms with Crippen LogP contribution in [0.5, 0.6) is 0 Å². The molecule has 5 rings (SSSR count). The Hall–Kier alpha value is -2.91. The summed E-state index contributed by atoms with van der Waals surface area (Å²) < 4.78 is 37.1. The molecule has 1 unspecified atom stereocenters. The number of piperidine rings is 1. The third kappa shape index (κ3) is 2.88. The molecule has 156 valence electrons. The number of hydrogen-bond donors (Lipinski definition) is 0. The van der Waals surface area contributed by atoms with E-state index in [0.717, 1.165) is 18.4 Å². The standard InChI is InChI=1S/C21H22N4O4S/c1-23-17-10-9-15(12-18(17)24(2)21(23)26)30(27,28)25-11-5-6-14(13-25)20-22-16-7-3-4-8-19(16)29-20/h3-4,7-10,12,14H,5-6,11,13H2,1-2H3. The molecule has 1 aliphatic rings. The first-order valence-electron chi connectivity index (χ1n) is 9.87. The fraction of sp³-hybridized carbons (Fsp3) is 0.333. The fourth-order valence-corrected chi connectivity index (χ4v) is 5.77. The topological polar surface area (TPSA) is 90.3 Å². The Morgan fingerprint density at radius 2 is 1.83 bits per heavy atom. The molecule has 0 spiro atoms. The zero-order chi connectivity index (χ0) is 21.0. The normalized spacial score (nSPS) is 18.4. The van der Waals surface area contributed by atoms with E-state index in [1.807, 2.05) is 24.3 Å². The maximum Gasteiger partial charge on any atom is 0.328 e. The molecule has 30 heavy (non-hydrogen) atoms. The fourth-order valence-electron chi connectivity index (χ4n) is 4.22. The molecule has 0 saturated carbocycles. The summed E-state index contributed by atoms with van der Waals surface area (Å²) in [4.78, 5) is 16.9. The molecule has 0 radical (unpaired) electrons. The van der Waals surface area contributed by atoms with E-state index in [0.29, 0.717) is 35.6 Å². The summed E-state index contributed by atoms with van der Waals surface area (Å²) in [6.45, 7) is 0.770. The molecule has 4 aromatic rings. The highest BCUT2D eigenvalue weighted by Crippen LogP contribution is 2.32. The highest BCUT2D eigenvalue weighted by Gasteiger charge is 2.33. The van der Waals surface area contributed by atoms with Crippen molar-refractivity contribution in [1.29, 1.82) is 0 Å². The number of fused-ring (bicyclic) bond motifs is 2. The maximum atomic E-state index is 13.4. The summed E-state index contributed by atoms with van der Waals surface area (Å²) in [6.07, 6.45) is 1.56. The average molecular weight is 426 g/mol. The van der Waals surface area contributed by atoms with Gasteiger partial charge in [0.15, 0.2) is 11.5 Å². The summed E-state index contributed by atoms with van der Waals surface area (Å²) in [5.74, 6) is 0.489. The zero-order valence-corrected chi connectivity index (χ0v) is 17.6. The summed E-state index contributed by atoms with van der Waals surface area (Å²) in [5, 5.41) is 0. The zero-order valence-electron chi connectivity index (χ0n) is 16.8. The van der Waals surface area contributed by atoms with Gasteiger partial charge in [0, 0.05) is 33.1 Å². The first-order valence-corrected chi connectivity index (χ1v) is 11.3. The number of hydrogen-bond acceptors (Lipinski definition) is 5. The van der Waals surface area contributed by atoms with Crippen molar-refractivity contribution in [2.75, 3.05) is 13.1 Å². The molecule has 2 aromatic carbocycles. The number of benzene rings is 2. The second-order valence-corrected chi connectivity index (χ2v) is 9.71. The van der Waals surface area contributed by atoms with Gasteiger partial charge in [-0.25, -0.2) is 18.2 Å². The molecule has 0 N–H and O–H groups in total. The van der Waals surface area contributed by atoms with Gasteiger partial charge in [0.05, 0.1) is 15.9 Å². The Bertz CT molecular complexity index is 1400. The van der Waals surface area contributed by atoms with Crippen molar-refractivity contribution >= 4 is 32.2 Å². The minimum absolute atomic E-state index is 0.0919. The molecule has 1 atom stereocenters. The molecule has 2 aromatic heterocycles. The van der Waals surface area contributed by atoms with Crippen LogP contribution in [-0.2, 0) is 24.1 Å². The monoisotopic (exact) mass is 426 g/mol. The van der Waals surface area contributed by atoms with Crippen molar-refractivity contribution in [2.45, 2.75) is 23.7 Å². The number of aryl methyl sites for hydroxylation is 2. The number of imidazole rings is 1. The van der Waals surface area contributed by atoms with Crippen molar-refractivity contribution in [3.05, 3.63) is 58.8 Å². The highest BCUT2D eigenvalue weighted by atomic mass is 32.2. The number of aromatic nitrogens is 3. The van der Waals surface area contributed by atoms with Crippen molar-refractivity contribution in [3.8, 4) is 0 Å². The molecule has 9 heteroatoms. The van der Waals surface area contributed by atoms with E-state index in [2.05, 4.69) is 4.98 Å². The predicted molar refractivity (Wildman–Crippen MR) is 113 cm³/mol. The lowest BCUT2D eigenvalue weighted by Crippen LogP contribution is -2.39. The number of nitrogens with zero attached hydrogens (tertiary/aromatic N) is 4. The number of sulfonamides is 1. The van der Waals surface area contributed by atoms with E-state index in [-0.39, 0.29) is 16.5 Å². The Labute approximate surface area is 173 Å². The van der Waals surface area contributed by atoms with Crippen LogP contribution >= 0.6 is 0 Å². The maximum absolute atomic E-state index is 13.4. The third-order valence-corrected chi connectivity index (χ3v) is 7.79. The minimum Gasteiger partial charge on any atom is -0.440 e. The van der Waals surface area contributed by atoms with Gasteiger partial charge in [0.1, 0.15) is 5.52 Å². The largest absolute Gasteiger partial charge is 0.440 e. The molecule has 0 amide bonds. The van der Waals surface area contributed by atoms with Gasteiger partial charge in [0.25, 0.3) is 0 Å². The minimum atomic E-state index is -3.71. The molecular formula is C21H22N4O4S. The van der Waals surface area contributed by atoms with Gasteiger partial charge in [-0.1, -0.05) is 12.1 Å². The average Bonchev–Trinajstić information content (AvgIpc) is 3.29. The van der Waals surface area contributed by atoms with E-state index < -0.39 is 10.0 Å². The van der Waals surface area contributed by atoms with Gasteiger partial charge in [-0.05, 0) is 43.2 Å². The number of rotatable bonds is 3. The van der Waals surface area contributed by atoms with E-state index in [1.54, 1.807) is 32.3 Å². The van der Waals surface area contributed by atoms with Gasteiger partial charge < -0.3 is 4.42 Å². The van der Waals surface area contributed by atoms with Crippen LogP contribution in [0.4, 0.5) is 0 Å². The third-order valence-electron chi connectivity index (χ3n) is 5.93. The van der Waals surface area contributed by atoms with Gasteiger partial charge in [-0.3, -0.25) is 9.13 Å². The predicted octanol–water partition coefficient (Wildman–Crippen LogP) is 2.59. The lowest BCUT2D eigenvalue weighted by molar-refractivity contribution is 0.288. The number of oxazole rings is 1. The van der Waals surface area contributed by atoms with E-state index >= 15 is 0 Å². The molecule has 0 aliphatic carbocycles. The summed E-state index contributed by atoms with van der Waals surface area (Å²) in [7, 11) is -0.386. The SMILES string of the molecule is Cn1c(=O)n(C)c2cc(S(=O)(=O)N3CCCC(c4nc5ccccc5o4)C3)ccc21. The van der Waals surface area contributed by atoms with Crippen LogP contribution in [-0.4, -0.2) is 39.9 Å². The molecule has 1 fully saturated rings. The molecule has 1 aliphatic heterocycles. The highest BCUT2D eigenvalue weighted by molar-refractivity contribution is 7.89. The van der Waals surface area contributed by atoms with Crippen molar-refractivity contribution in [1.82, 2.24) is 18.4 Å². The van der Waals surface area contributed by atoms with Gasteiger partial charge in [-0.2, -0.15) is 4.31 Å². The lowest BCUT2D eigenvalue weighted by atomic mass is 10.00. The Balaban J connectivity index is 1.48. The Morgan fingerprint density at radius 1 is 1.07 bits per heavy atom. The van der Waals surface area contributed by atoms with Crippen LogP contribution in [0.2, 0.25) is 0 Å². The first-order chi connectivity index (χ1) is 14.4. The van der Waals surface area contributed by atoms with Crippen LogP contribution in [0.15, 0.2) is 56.6 Å². The first kappa shape index (κ1) is 19.1. The van der Waals surface area contributed by atoms with Crippen LogP contribution in [0, 0.1) is 0 Å². The van der Waals surface area contributed by atoms with Crippen molar-refractivity contribution < 1.29 is 12.8 Å². The lowest BCUT2D eigenvalue weighted by Gasteiger charge is -2.30. The van der Waals surface area contributed by atoms with E-state index in [9.17, 15) is 13.2 Å². The molecule has 3 heterocycles. The van der Waals surface area contributed by atoms with Gasteiger partial charge >= 0.3 is 5.69 Å². The second-order valence-electron chi connectivity index (χ2n) is 7.77. The number of para-hydroxylation sites is 2. The summed E-state index contributed by atoms with van der Waals surface area (Å²) >= 11 is 0. The smallest absolute Gasteiger partial charge is 0.328 e. The van der Waals surface area contributed by atoms with Crippen LogP contribution in [0.3, 0.4) is 0 Å².